The molecule has 3 aliphatic rings. The normalized spacial score (nSPS) is 19.1. The highest BCUT2D eigenvalue weighted by atomic mass is 32.1. The summed E-state index contributed by atoms with van der Waals surface area (Å²) in [5.74, 6) is 1.96. The Morgan fingerprint density at radius 3 is 2.86 bits per heavy atom. The van der Waals surface area contributed by atoms with E-state index in [1.54, 1.807) is 17.7 Å². The summed E-state index contributed by atoms with van der Waals surface area (Å²) >= 11 is 1.70. The molecule has 1 saturated heterocycles. The Hall–Kier alpha value is -3.04. The van der Waals surface area contributed by atoms with Crippen LogP contribution in [0.15, 0.2) is 23.5 Å². The van der Waals surface area contributed by atoms with E-state index in [1.807, 2.05) is 25.0 Å². The van der Waals surface area contributed by atoms with Gasteiger partial charge in [0, 0.05) is 36.1 Å². The number of hydrogen-bond acceptors (Lipinski definition) is 8. The molecule has 188 valence electrons. The summed E-state index contributed by atoms with van der Waals surface area (Å²) in [7, 11) is 4.16. The van der Waals surface area contributed by atoms with E-state index in [4.69, 9.17) is 4.74 Å². The number of amides is 1. The number of likely N-dealkylation sites (tertiary alicyclic amines) is 1. The molecule has 8 nitrogen and oxygen atoms in total. The van der Waals surface area contributed by atoms with E-state index in [0.717, 1.165) is 65.4 Å². The number of carbonyl (C=O) groups excluding carboxylic acids is 1. The summed E-state index contributed by atoms with van der Waals surface area (Å²) in [5.41, 5.74) is 4.45. The number of aryl methyl sites for hydroxylation is 1. The molecule has 36 heavy (non-hydrogen) atoms. The molecule has 4 heterocycles. The molecule has 0 unspecified atom stereocenters. The number of ether oxygens (including phenoxy) is 1. The largest absolute Gasteiger partial charge is 0.489 e. The molecule has 1 N–H and O–H groups in total. The smallest absolute Gasteiger partial charge is 0.226 e. The molecule has 0 bridgehead atoms. The van der Waals surface area contributed by atoms with Gasteiger partial charge in [-0.15, -0.1) is 11.3 Å². The number of aromatic nitrogens is 2. The number of nitrogens with zero attached hydrogens (tertiary/aromatic N) is 5. The molecule has 1 fully saturated rings. The molecule has 0 saturated carbocycles. The highest BCUT2D eigenvalue weighted by molar-refractivity contribution is 7.19. The van der Waals surface area contributed by atoms with E-state index in [1.165, 1.54) is 16.0 Å². The van der Waals surface area contributed by atoms with Gasteiger partial charge in [-0.05, 0) is 76.0 Å². The molecule has 3 aromatic rings. The van der Waals surface area contributed by atoms with E-state index < -0.39 is 0 Å². The standard InChI is InChI=1S/C27H32N6O2S/c1-15(2)35-22-8-18-11-28-10-17(18)7-21(22)31-25-24-20-6-5-16(9-23(20)36-26(24)30-14-29-25)27(34)33-12-19(13-33)32(3)4/h7-8,10,14-16,19H,5-6,9,11-13H2,1-4H3,(H,29,30,31)/t16-/m0/s1. The van der Waals surface area contributed by atoms with Crippen molar-refractivity contribution in [3.8, 4) is 5.75 Å². The van der Waals surface area contributed by atoms with E-state index >= 15 is 0 Å². The van der Waals surface area contributed by atoms with Crippen LogP contribution in [-0.4, -0.2) is 71.2 Å². The Kier molecular flexibility index (Phi) is 5.92. The molecule has 6 rings (SSSR count). The van der Waals surface area contributed by atoms with Gasteiger partial charge in [0.15, 0.2) is 0 Å². The van der Waals surface area contributed by atoms with Crippen LogP contribution in [0.25, 0.3) is 10.2 Å². The zero-order valence-corrected chi connectivity index (χ0v) is 22.1. The van der Waals surface area contributed by atoms with Gasteiger partial charge >= 0.3 is 0 Å². The number of rotatable bonds is 6. The van der Waals surface area contributed by atoms with Crippen LogP contribution in [0.5, 0.6) is 5.75 Å². The first-order valence-electron chi connectivity index (χ1n) is 12.7. The minimum atomic E-state index is 0.0547. The Morgan fingerprint density at radius 2 is 2.08 bits per heavy atom. The number of carbonyl (C=O) groups is 1. The lowest BCUT2D eigenvalue weighted by molar-refractivity contribution is -0.142. The minimum Gasteiger partial charge on any atom is -0.489 e. The van der Waals surface area contributed by atoms with E-state index in [-0.39, 0.29) is 12.0 Å². The fraction of sp³-hybridized carbons (Fsp3) is 0.481. The van der Waals surface area contributed by atoms with Crippen molar-refractivity contribution in [2.45, 2.75) is 51.8 Å². The second kappa shape index (κ2) is 9.12. The van der Waals surface area contributed by atoms with Crippen LogP contribution in [0, 0.1) is 5.92 Å². The Morgan fingerprint density at radius 1 is 1.25 bits per heavy atom. The van der Waals surface area contributed by atoms with Gasteiger partial charge in [-0.25, -0.2) is 9.97 Å². The molecule has 9 heteroatoms. The van der Waals surface area contributed by atoms with Gasteiger partial charge in [-0.1, -0.05) is 0 Å². The monoisotopic (exact) mass is 504 g/mol. The average Bonchev–Trinajstić information content (AvgIpc) is 3.41. The lowest BCUT2D eigenvalue weighted by Crippen LogP contribution is -2.60. The zero-order chi connectivity index (χ0) is 25.0. The quantitative estimate of drug-likeness (QED) is 0.546. The number of anilines is 2. The molecule has 1 atom stereocenters. The van der Waals surface area contributed by atoms with Gasteiger partial charge in [0.05, 0.1) is 23.7 Å². The second-order valence-electron chi connectivity index (χ2n) is 10.5. The Labute approximate surface area is 215 Å². The topological polar surface area (TPSA) is 82.9 Å². The van der Waals surface area contributed by atoms with Crippen LogP contribution in [-0.2, 0) is 24.2 Å². The van der Waals surface area contributed by atoms with Crippen LogP contribution in [0.3, 0.4) is 0 Å². The lowest BCUT2D eigenvalue weighted by Gasteiger charge is -2.44. The summed E-state index contributed by atoms with van der Waals surface area (Å²) in [5, 5.41) is 4.64. The van der Waals surface area contributed by atoms with Crippen LogP contribution < -0.4 is 10.1 Å². The van der Waals surface area contributed by atoms with Crippen molar-refractivity contribution in [1.29, 1.82) is 0 Å². The van der Waals surface area contributed by atoms with E-state index in [0.29, 0.717) is 18.5 Å². The maximum Gasteiger partial charge on any atom is 0.226 e. The van der Waals surface area contributed by atoms with Gasteiger partial charge in [0.2, 0.25) is 5.91 Å². The third-order valence-electron chi connectivity index (χ3n) is 7.45. The predicted octanol–water partition coefficient (Wildman–Crippen LogP) is 4.03. The molecule has 1 aromatic carbocycles. The fourth-order valence-corrected chi connectivity index (χ4v) is 6.62. The SMILES string of the molecule is CC(C)Oc1cc2c(cc1Nc1ncnc3sc4c(c13)CC[C@H](C(=O)N1CC(N(C)C)C1)C4)C=NC2. The second-order valence-corrected chi connectivity index (χ2v) is 11.6. The van der Waals surface area contributed by atoms with E-state index in [2.05, 4.69) is 51.4 Å². The summed E-state index contributed by atoms with van der Waals surface area (Å²) in [4.78, 5) is 33.2. The zero-order valence-electron chi connectivity index (χ0n) is 21.2. The van der Waals surface area contributed by atoms with Crippen molar-refractivity contribution in [2.24, 2.45) is 10.9 Å². The molecule has 2 aromatic heterocycles. The van der Waals surface area contributed by atoms with Crippen molar-refractivity contribution in [3.63, 3.8) is 0 Å². The van der Waals surface area contributed by atoms with Gasteiger partial charge in [0.25, 0.3) is 0 Å². The van der Waals surface area contributed by atoms with Crippen molar-refractivity contribution in [1.82, 2.24) is 19.8 Å². The fourth-order valence-electron chi connectivity index (χ4n) is 5.35. The number of thiophene rings is 1. The number of likely N-dealkylation sites (N-methyl/N-ethyl adjacent to an activating group) is 1. The van der Waals surface area contributed by atoms with Crippen molar-refractivity contribution in [3.05, 3.63) is 40.0 Å². The van der Waals surface area contributed by atoms with Crippen LogP contribution in [0.1, 0.15) is 41.8 Å². The molecular weight excluding hydrogens is 472 g/mol. The van der Waals surface area contributed by atoms with Crippen molar-refractivity contribution >= 4 is 45.2 Å². The van der Waals surface area contributed by atoms with Gasteiger partial charge < -0.3 is 19.9 Å². The first-order valence-corrected chi connectivity index (χ1v) is 13.5. The Bertz CT molecular complexity index is 1360. The molecule has 1 aliphatic carbocycles. The van der Waals surface area contributed by atoms with Gasteiger partial charge in [0.1, 0.15) is 22.7 Å². The molecular formula is C27H32N6O2S. The van der Waals surface area contributed by atoms with Crippen LogP contribution >= 0.6 is 11.3 Å². The van der Waals surface area contributed by atoms with Crippen molar-refractivity contribution in [2.75, 3.05) is 32.5 Å². The average molecular weight is 505 g/mol. The highest BCUT2D eigenvalue weighted by Gasteiger charge is 2.37. The maximum absolute atomic E-state index is 13.1. The highest BCUT2D eigenvalue weighted by Crippen LogP contribution is 2.42. The van der Waals surface area contributed by atoms with Crippen LogP contribution in [0.4, 0.5) is 11.5 Å². The first-order chi connectivity index (χ1) is 17.4. The van der Waals surface area contributed by atoms with E-state index in [9.17, 15) is 4.79 Å². The Balaban J connectivity index is 1.28. The summed E-state index contributed by atoms with van der Waals surface area (Å²) in [6, 6.07) is 4.66. The third-order valence-corrected chi connectivity index (χ3v) is 8.61. The molecule has 1 amide bonds. The molecule has 0 radical (unpaired) electrons. The summed E-state index contributed by atoms with van der Waals surface area (Å²) < 4.78 is 6.15. The van der Waals surface area contributed by atoms with Gasteiger partial charge in [-0.2, -0.15) is 0 Å². The molecule has 2 aliphatic heterocycles. The number of aliphatic imine (C=N–C) groups is 1. The predicted molar refractivity (Wildman–Crippen MR) is 144 cm³/mol. The summed E-state index contributed by atoms with van der Waals surface area (Å²) in [6.45, 7) is 6.43. The minimum absolute atomic E-state index is 0.0547. The molecule has 0 spiro atoms. The number of nitrogens with one attached hydrogen (secondary N) is 1. The maximum atomic E-state index is 13.1. The number of hydrogen-bond donors (Lipinski definition) is 1. The first kappa shape index (κ1) is 23.4. The lowest BCUT2D eigenvalue weighted by atomic mass is 9.86. The van der Waals surface area contributed by atoms with Crippen molar-refractivity contribution < 1.29 is 9.53 Å². The van der Waals surface area contributed by atoms with Gasteiger partial charge in [-0.3, -0.25) is 9.79 Å². The number of fused-ring (bicyclic) bond motifs is 4. The van der Waals surface area contributed by atoms with Crippen LogP contribution in [0.2, 0.25) is 0 Å². The summed E-state index contributed by atoms with van der Waals surface area (Å²) in [6.07, 6.45) is 6.11. The number of benzene rings is 1. The third kappa shape index (κ3) is 4.14.